The van der Waals surface area contributed by atoms with Crippen LogP contribution in [0.5, 0.6) is 0 Å². The predicted octanol–water partition coefficient (Wildman–Crippen LogP) is 0.474. The van der Waals surface area contributed by atoms with Crippen molar-refractivity contribution in [3.05, 3.63) is 24.2 Å². The first kappa shape index (κ1) is 12.6. The zero-order chi connectivity index (χ0) is 12.5. The third kappa shape index (κ3) is 2.70. The Labute approximate surface area is 102 Å². The summed E-state index contributed by atoms with van der Waals surface area (Å²) in [6.07, 6.45) is 3.33. The van der Waals surface area contributed by atoms with Gasteiger partial charge in [0.2, 0.25) is 10.0 Å². The van der Waals surface area contributed by atoms with Gasteiger partial charge in [-0.15, -0.1) is 0 Å². The maximum absolute atomic E-state index is 11.9. The van der Waals surface area contributed by atoms with Crippen molar-refractivity contribution in [3.8, 4) is 0 Å². The van der Waals surface area contributed by atoms with Gasteiger partial charge in [0.25, 0.3) is 0 Å². The van der Waals surface area contributed by atoms with Crippen LogP contribution in [-0.2, 0) is 10.0 Å². The number of sulfonamides is 1. The lowest BCUT2D eigenvalue weighted by atomic mass is 9.92. The summed E-state index contributed by atoms with van der Waals surface area (Å²) in [4.78, 5) is 0. The molecule has 0 spiro atoms. The fourth-order valence-electron chi connectivity index (χ4n) is 2.20. The first-order valence-corrected chi connectivity index (χ1v) is 7.24. The van der Waals surface area contributed by atoms with Crippen LogP contribution in [0, 0.1) is 5.92 Å². The summed E-state index contributed by atoms with van der Waals surface area (Å²) in [6.45, 7) is 1.55. The molecule has 0 radical (unpaired) electrons. The van der Waals surface area contributed by atoms with Gasteiger partial charge in [0.15, 0.2) is 0 Å². The van der Waals surface area contributed by atoms with Gasteiger partial charge in [-0.1, -0.05) is 0 Å². The van der Waals surface area contributed by atoms with E-state index in [1.165, 1.54) is 4.31 Å². The number of furan rings is 1. The van der Waals surface area contributed by atoms with E-state index in [1.807, 2.05) is 6.07 Å². The summed E-state index contributed by atoms with van der Waals surface area (Å²) in [7, 11) is 0.00507. The molecule has 1 aromatic heterocycles. The number of hydrogen-bond donors (Lipinski definition) is 1. The predicted molar refractivity (Wildman–Crippen MR) is 65.3 cm³/mol. The second-order valence-electron chi connectivity index (χ2n) is 4.64. The minimum Gasteiger partial charge on any atom is -0.472 e. The summed E-state index contributed by atoms with van der Waals surface area (Å²) in [5.41, 5.74) is 1.08. The summed E-state index contributed by atoms with van der Waals surface area (Å²) in [5, 5.41) is 3.25. The molecule has 1 aliphatic rings. The number of nitrogens with zero attached hydrogens (tertiary/aromatic N) is 1. The van der Waals surface area contributed by atoms with E-state index in [2.05, 4.69) is 5.32 Å². The maximum Gasteiger partial charge on any atom is 0.213 e. The molecule has 17 heavy (non-hydrogen) atoms. The summed E-state index contributed by atoms with van der Waals surface area (Å²) in [6, 6.07) is 1.91. The van der Waals surface area contributed by atoms with Crippen molar-refractivity contribution in [2.24, 2.45) is 5.92 Å². The van der Waals surface area contributed by atoms with Gasteiger partial charge in [-0.2, -0.15) is 0 Å². The highest BCUT2D eigenvalue weighted by molar-refractivity contribution is 7.89. The van der Waals surface area contributed by atoms with Gasteiger partial charge < -0.3 is 9.73 Å². The Bertz CT molecular complexity index is 453. The maximum atomic E-state index is 11.9. The van der Waals surface area contributed by atoms with E-state index in [9.17, 15) is 8.42 Å². The Balaban J connectivity index is 2.11. The van der Waals surface area contributed by atoms with E-state index >= 15 is 0 Å². The van der Waals surface area contributed by atoms with Gasteiger partial charge >= 0.3 is 0 Å². The van der Waals surface area contributed by atoms with Crippen LogP contribution in [0.4, 0.5) is 0 Å². The molecule has 1 aliphatic heterocycles. The molecule has 6 heteroatoms. The topological polar surface area (TPSA) is 62.6 Å². The number of hydrogen-bond acceptors (Lipinski definition) is 4. The molecule has 0 aromatic carbocycles. The van der Waals surface area contributed by atoms with Crippen molar-refractivity contribution in [3.63, 3.8) is 0 Å². The SMILES string of the molecule is CN(C)S(=O)(=O)CC1CNCC1c1ccoc1. The van der Waals surface area contributed by atoms with Crippen LogP contribution in [0.25, 0.3) is 0 Å². The first-order valence-electron chi connectivity index (χ1n) is 5.63. The molecule has 0 bridgehead atoms. The van der Waals surface area contributed by atoms with E-state index in [-0.39, 0.29) is 17.6 Å². The van der Waals surface area contributed by atoms with Crippen LogP contribution < -0.4 is 5.32 Å². The Morgan fingerprint density at radius 2 is 2.24 bits per heavy atom. The normalized spacial score (nSPS) is 25.6. The molecule has 2 heterocycles. The van der Waals surface area contributed by atoms with Gasteiger partial charge in [0.1, 0.15) is 0 Å². The average molecular weight is 258 g/mol. The molecule has 1 N–H and O–H groups in total. The smallest absolute Gasteiger partial charge is 0.213 e. The largest absolute Gasteiger partial charge is 0.472 e. The van der Waals surface area contributed by atoms with E-state index in [0.29, 0.717) is 0 Å². The third-order valence-electron chi connectivity index (χ3n) is 3.29. The fraction of sp³-hybridized carbons (Fsp3) is 0.636. The van der Waals surface area contributed by atoms with E-state index < -0.39 is 10.0 Å². The highest BCUT2D eigenvalue weighted by atomic mass is 32.2. The fourth-order valence-corrected chi connectivity index (χ4v) is 3.39. The van der Waals surface area contributed by atoms with Crippen molar-refractivity contribution in [2.75, 3.05) is 32.9 Å². The molecule has 2 unspecified atom stereocenters. The molecule has 0 aliphatic carbocycles. The molecule has 1 fully saturated rings. The molecule has 2 atom stereocenters. The molecular formula is C11H18N2O3S. The van der Waals surface area contributed by atoms with Crippen LogP contribution in [-0.4, -0.2) is 45.7 Å². The van der Waals surface area contributed by atoms with Crippen LogP contribution in [0.3, 0.4) is 0 Å². The minimum atomic E-state index is -3.14. The van der Waals surface area contributed by atoms with E-state index in [0.717, 1.165) is 18.7 Å². The Morgan fingerprint density at radius 1 is 1.47 bits per heavy atom. The highest BCUT2D eigenvalue weighted by Gasteiger charge is 2.33. The van der Waals surface area contributed by atoms with Crippen LogP contribution >= 0.6 is 0 Å². The molecule has 1 aromatic rings. The molecule has 1 saturated heterocycles. The van der Waals surface area contributed by atoms with Crippen LogP contribution in [0.1, 0.15) is 11.5 Å². The standard InChI is InChI=1S/C11H18N2O3S/c1-13(2)17(14,15)8-10-5-12-6-11(10)9-3-4-16-7-9/h3-4,7,10-12H,5-6,8H2,1-2H3. The summed E-state index contributed by atoms with van der Waals surface area (Å²) >= 11 is 0. The first-order chi connectivity index (χ1) is 8.00. The second-order valence-corrected chi connectivity index (χ2v) is 6.87. The van der Waals surface area contributed by atoms with E-state index in [1.54, 1.807) is 26.6 Å². The lowest BCUT2D eigenvalue weighted by molar-refractivity contribution is 0.489. The van der Waals surface area contributed by atoms with Gasteiger partial charge in [0, 0.05) is 26.6 Å². The molecule has 2 rings (SSSR count). The molecule has 0 amide bonds. The number of nitrogens with one attached hydrogen (secondary N) is 1. The van der Waals surface area contributed by atoms with Crippen molar-refractivity contribution in [2.45, 2.75) is 5.92 Å². The third-order valence-corrected chi connectivity index (χ3v) is 5.25. The van der Waals surface area contributed by atoms with Crippen molar-refractivity contribution < 1.29 is 12.8 Å². The lowest BCUT2D eigenvalue weighted by Gasteiger charge is -2.19. The molecule has 0 saturated carbocycles. The van der Waals surface area contributed by atoms with Gasteiger partial charge in [0.05, 0.1) is 18.3 Å². The number of rotatable bonds is 4. The quantitative estimate of drug-likeness (QED) is 0.853. The van der Waals surface area contributed by atoms with Gasteiger partial charge in [-0.25, -0.2) is 12.7 Å². The summed E-state index contributed by atoms with van der Waals surface area (Å²) in [5.74, 6) is 0.520. The second kappa shape index (κ2) is 4.80. The van der Waals surface area contributed by atoms with Crippen LogP contribution in [0.2, 0.25) is 0 Å². The minimum absolute atomic E-state index is 0.111. The van der Waals surface area contributed by atoms with Crippen molar-refractivity contribution in [1.29, 1.82) is 0 Å². The van der Waals surface area contributed by atoms with Crippen LogP contribution in [0.15, 0.2) is 23.0 Å². The highest BCUT2D eigenvalue weighted by Crippen LogP contribution is 2.29. The zero-order valence-electron chi connectivity index (χ0n) is 10.1. The van der Waals surface area contributed by atoms with Crippen molar-refractivity contribution >= 4 is 10.0 Å². The molecule has 96 valence electrons. The summed E-state index contributed by atoms with van der Waals surface area (Å²) < 4.78 is 30.1. The average Bonchev–Trinajstić information content (AvgIpc) is 2.85. The zero-order valence-corrected chi connectivity index (χ0v) is 10.9. The Kier molecular flexibility index (Phi) is 3.56. The van der Waals surface area contributed by atoms with Crippen molar-refractivity contribution in [1.82, 2.24) is 9.62 Å². The monoisotopic (exact) mass is 258 g/mol. The van der Waals surface area contributed by atoms with Gasteiger partial charge in [-0.05, 0) is 24.1 Å². The Hall–Kier alpha value is -0.850. The van der Waals surface area contributed by atoms with E-state index in [4.69, 9.17) is 4.42 Å². The molecule has 5 nitrogen and oxygen atoms in total. The Morgan fingerprint density at radius 3 is 2.82 bits per heavy atom. The van der Waals surface area contributed by atoms with Gasteiger partial charge in [-0.3, -0.25) is 0 Å². The lowest BCUT2D eigenvalue weighted by Crippen LogP contribution is -2.31. The molecular weight excluding hydrogens is 240 g/mol.